The summed E-state index contributed by atoms with van der Waals surface area (Å²) in [6, 6.07) is 3.75. The number of aryl methyl sites for hydroxylation is 1. The lowest BCUT2D eigenvalue weighted by Crippen LogP contribution is -2.30. The molecular formula is C14H21NO2. The standard InChI is InChI=1S/C14H21NO2/c1-4-6-11-15(5-2)14(16)10-9-13-8-7-12(3)17-13/h7-10H,4-6,11H2,1-3H3/b10-9+. The Hall–Kier alpha value is -1.51. The number of nitrogens with zero attached hydrogens (tertiary/aromatic N) is 1. The van der Waals surface area contributed by atoms with Crippen molar-refractivity contribution in [3.63, 3.8) is 0 Å². The van der Waals surface area contributed by atoms with E-state index in [1.807, 2.05) is 30.9 Å². The molecule has 0 radical (unpaired) electrons. The van der Waals surface area contributed by atoms with E-state index in [1.54, 1.807) is 12.2 Å². The Balaban J connectivity index is 2.54. The van der Waals surface area contributed by atoms with Crippen LogP contribution in [0.1, 0.15) is 38.2 Å². The van der Waals surface area contributed by atoms with Crippen LogP contribution in [0.4, 0.5) is 0 Å². The molecule has 0 bridgehead atoms. The van der Waals surface area contributed by atoms with Gasteiger partial charge in [0.1, 0.15) is 11.5 Å². The Morgan fingerprint density at radius 2 is 2.18 bits per heavy atom. The van der Waals surface area contributed by atoms with Crippen molar-refractivity contribution < 1.29 is 9.21 Å². The van der Waals surface area contributed by atoms with E-state index < -0.39 is 0 Å². The SMILES string of the molecule is CCCCN(CC)C(=O)/C=C/c1ccc(C)o1. The van der Waals surface area contributed by atoms with Gasteiger partial charge in [0.15, 0.2) is 0 Å². The van der Waals surface area contributed by atoms with Crippen LogP contribution < -0.4 is 0 Å². The fourth-order valence-corrected chi connectivity index (χ4v) is 1.57. The molecule has 0 saturated heterocycles. The van der Waals surface area contributed by atoms with E-state index in [0.717, 1.165) is 37.5 Å². The quantitative estimate of drug-likeness (QED) is 0.709. The second-order valence-electron chi connectivity index (χ2n) is 4.05. The molecule has 1 aromatic heterocycles. The molecule has 0 N–H and O–H groups in total. The third-order valence-electron chi connectivity index (χ3n) is 2.63. The van der Waals surface area contributed by atoms with Crippen molar-refractivity contribution in [1.29, 1.82) is 0 Å². The van der Waals surface area contributed by atoms with Crippen molar-refractivity contribution in [3.05, 3.63) is 29.7 Å². The molecule has 17 heavy (non-hydrogen) atoms. The van der Waals surface area contributed by atoms with E-state index >= 15 is 0 Å². The summed E-state index contributed by atoms with van der Waals surface area (Å²) in [4.78, 5) is 13.7. The van der Waals surface area contributed by atoms with Crippen LogP contribution in [0, 0.1) is 6.92 Å². The number of amides is 1. The Morgan fingerprint density at radius 3 is 2.71 bits per heavy atom. The van der Waals surface area contributed by atoms with Crippen LogP contribution in [-0.4, -0.2) is 23.9 Å². The average Bonchev–Trinajstić information content (AvgIpc) is 2.73. The van der Waals surface area contributed by atoms with Crippen molar-refractivity contribution in [2.24, 2.45) is 0 Å². The molecule has 1 heterocycles. The van der Waals surface area contributed by atoms with Gasteiger partial charge in [-0.05, 0) is 38.5 Å². The molecule has 0 aliphatic heterocycles. The van der Waals surface area contributed by atoms with Gasteiger partial charge in [0.25, 0.3) is 0 Å². The van der Waals surface area contributed by atoms with Crippen LogP contribution in [0.5, 0.6) is 0 Å². The summed E-state index contributed by atoms with van der Waals surface area (Å²) in [7, 11) is 0. The first kappa shape index (κ1) is 13.6. The number of hydrogen-bond acceptors (Lipinski definition) is 2. The number of furan rings is 1. The van der Waals surface area contributed by atoms with Crippen LogP contribution in [0.2, 0.25) is 0 Å². The molecule has 0 atom stereocenters. The number of rotatable bonds is 6. The van der Waals surface area contributed by atoms with Gasteiger partial charge in [-0.3, -0.25) is 4.79 Å². The fourth-order valence-electron chi connectivity index (χ4n) is 1.57. The van der Waals surface area contributed by atoms with Gasteiger partial charge in [-0.1, -0.05) is 13.3 Å². The summed E-state index contributed by atoms with van der Waals surface area (Å²) < 4.78 is 5.37. The zero-order valence-electron chi connectivity index (χ0n) is 10.9. The Kier molecular flexibility index (Phi) is 5.53. The normalized spacial score (nSPS) is 11.0. The lowest BCUT2D eigenvalue weighted by atomic mass is 10.3. The third-order valence-corrected chi connectivity index (χ3v) is 2.63. The van der Waals surface area contributed by atoms with Crippen molar-refractivity contribution >= 4 is 12.0 Å². The summed E-state index contributed by atoms with van der Waals surface area (Å²) in [5, 5.41) is 0. The van der Waals surface area contributed by atoms with Crippen LogP contribution >= 0.6 is 0 Å². The zero-order valence-corrected chi connectivity index (χ0v) is 10.9. The van der Waals surface area contributed by atoms with Crippen LogP contribution in [-0.2, 0) is 4.79 Å². The van der Waals surface area contributed by atoms with E-state index in [9.17, 15) is 4.79 Å². The largest absolute Gasteiger partial charge is 0.462 e. The van der Waals surface area contributed by atoms with E-state index in [4.69, 9.17) is 4.42 Å². The molecule has 0 unspecified atom stereocenters. The van der Waals surface area contributed by atoms with Gasteiger partial charge in [0, 0.05) is 19.2 Å². The summed E-state index contributed by atoms with van der Waals surface area (Å²) >= 11 is 0. The Morgan fingerprint density at radius 1 is 1.41 bits per heavy atom. The summed E-state index contributed by atoms with van der Waals surface area (Å²) in [6.07, 6.45) is 5.46. The lowest BCUT2D eigenvalue weighted by Gasteiger charge is -2.18. The van der Waals surface area contributed by atoms with Gasteiger partial charge in [-0.15, -0.1) is 0 Å². The summed E-state index contributed by atoms with van der Waals surface area (Å²) in [6.45, 7) is 7.59. The van der Waals surface area contributed by atoms with Crippen molar-refractivity contribution in [1.82, 2.24) is 4.90 Å². The van der Waals surface area contributed by atoms with Gasteiger partial charge < -0.3 is 9.32 Å². The second-order valence-corrected chi connectivity index (χ2v) is 4.05. The zero-order chi connectivity index (χ0) is 12.7. The predicted octanol–water partition coefficient (Wildman–Crippen LogP) is 3.25. The van der Waals surface area contributed by atoms with E-state index in [2.05, 4.69) is 6.92 Å². The highest BCUT2D eigenvalue weighted by molar-refractivity contribution is 5.91. The van der Waals surface area contributed by atoms with E-state index in [1.165, 1.54) is 0 Å². The van der Waals surface area contributed by atoms with Crippen LogP contribution in [0.3, 0.4) is 0 Å². The number of hydrogen-bond donors (Lipinski definition) is 0. The minimum absolute atomic E-state index is 0.0509. The first-order valence-corrected chi connectivity index (χ1v) is 6.20. The number of unbranched alkanes of at least 4 members (excludes halogenated alkanes) is 1. The number of carbonyl (C=O) groups excluding carboxylic acids is 1. The van der Waals surface area contributed by atoms with Gasteiger partial charge in [-0.25, -0.2) is 0 Å². The molecule has 0 saturated carbocycles. The first-order chi connectivity index (χ1) is 8.17. The van der Waals surface area contributed by atoms with Crippen molar-refractivity contribution in [2.45, 2.75) is 33.6 Å². The molecule has 94 valence electrons. The molecule has 1 amide bonds. The average molecular weight is 235 g/mol. The highest BCUT2D eigenvalue weighted by Crippen LogP contribution is 2.08. The third kappa shape index (κ3) is 4.47. The highest BCUT2D eigenvalue weighted by atomic mass is 16.3. The predicted molar refractivity (Wildman–Crippen MR) is 69.6 cm³/mol. The number of carbonyl (C=O) groups is 1. The molecule has 3 nitrogen and oxygen atoms in total. The maximum absolute atomic E-state index is 11.9. The molecule has 0 aliphatic carbocycles. The molecule has 0 spiro atoms. The lowest BCUT2D eigenvalue weighted by molar-refractivity contribution is -0.125. The monoisotopic (exact) mass is 235 g/mol. The molecule has 0 fully saturated rings. The fraction of sp³-hybridized carbons (Fsp3) is 0.500. The second kappa shape index (κ2) is 6.94. The van der Waals surface area contributed by atoms with E-state index in [0.29, 0.717) is 0 Å². The molecule has 3 heteroatoms. The highest BCUT2D eigenvalue weighted by Gasteiger charge is 2.07. The summed E-state index contributed by atoms with van der Waals surface area (Å²) in [5.74, 6) is 1.63. The van der Waals surface area contributed by atoms with Gasteiger partial charge in [-0.2, -0.15) is 0 Å². The van der Waals surface area contributed by atoms with E-state index in [-0.39, 0.29) is 5.91 Å². The number of likely N-dealkylation sites (N-methyl/N-ethyl adjacent to an activating group) is 1. The smallest absolute Gasteiger partial charge is 0.246 e. The topological polar surface area (TPSA) is 33.5 Å². The molecule has 0 aromatic carbocycles. The summed E-state index contributed by atoms with van der Waals surface area (Å²) in [5.41, 5.74) is 0. The molecule has 1 rings (SSSR count). The minimum Gasteiger partial charge on any atom is -0.462 e. The Labute approximate surface area is 103 Å². The molecule has 1 aromatic rings. The minimum atomic E-state index is 0.0509. The molecular weight excluding hydrogens is 214 g/mol. The van der Waals surface area contributed by atoms with Gasteiger partial charge >= 0.3 is 0 Å². The van der Waals surface area contributed by atoms with Crippen molar-refractivity contribution in [2.75, 3.05) is 13.1 Å². The maximum atomic E-state index is 11.9. The van der Waals surface area contributed by atoms with Crippen LogP contribution in [0.15, 0.2) is 22.6 Å². The van der Waals surface area contributed by atoms with Crippen molar-refractivity contribution in [3.8, 4) is 0 Å². The van der Waals surface area contributed by atoms with Gasteiger partial charge in [0.2, 0.25) is 5.91 Å². The Bertz CT molecular complexity index is 379. The molecule has 0 aliphatic rings. The maximum Gasteiger partial charge on any atom is 0.246 e. The van der Waals surface area contributed by atoms with Gasteiger partial charge in [0.05, 0.1) is 0 Å². The first-order valence-electron chi connectivity index (χ1n) is 6.20. The van der Waals surface area contributed by atoms with Crippen LogP contribution in [0.25, 0.3) is 6.08 Å².